The molecular weight excluding hydrogens is 278 g/mol. The molecule has 0 saturated carbocycles. The number of hydrogen-bond acceptors (Lipinski definition) is 6. The van der Waals surface area contributed by atoms with E-state index in [1.165, 1.54) is 25.4 Å². The molecule has 0 atom stereocenters. The van der Waals surface area contributed by atoms with E-state index in [-0.39, 0.29) is 28.4 Å². The van der Waals surface area contributed by atoms with E-state index in [0.29, 0.717) is 0 Å². The third-order valence-electron chi connectivity index (χ3n) is 2.64. The van der Waals surface area contributed by atoms with Crippen molar-refractivity contribution in [2.24, 2.45) is 0 Å². The lowest BCUT2D eigenvalue weighted by Gasteiger charge is -2.05. The topological polar surface area (TPSA) is 134 Å². The molecule has 0 bridgehead atoms. The Kier molecular flexibility index (Phi) is 3.80. The second-order valence-corrected chi connectivity index (χ2v) is 3.87. The van der Waals surface area contributed by atoms with Crippen LogP contribution in [0.5, 0.6) is 5.75 Å². The Labute approximate surface area is 118 Å². The smallest absolute Gasteiger partial charge is 0.311 e. The number of rotatable bonds is 4. The predicted molar refractivity (Wildman–Crippen MR) is 70.9 cm³/mol. The minimum Gasteiger partial charge on any atom is -0.490 e. The normalized spacial score (nSPS) is 9.71. The zero-order valence-corrected chi connectivity index (χ0v) is 10.8. The molecule has 9 nitrogen and oxygen atoms in total. The SMILES string of the molecule is COc1ccc(C(=O)Nc2[nH]ncc2C#N)cc1[N+](=O)[O-]. The highest BCUT2D eigenvalue weighted by Gasteiger charge is 2.19. The third kappa shape index (κ3) is 2.79. The van der Waals surface area contributed by atoms with Crippen LogP contribution in [-0.4, -0.2) is 28.1 Å². The van der Waals surface area contributed by atoms with Crippen molar-refractivity contribution >= 4 is 17.4 Å². The summed E-state index contributed by atoms with van der Waals surface area (Å²) in [5, 5.41) is 28.2. The number of nitro groups is 1. The average molecular weight is 287 g/mol. The van der Waals surface area contributed by atoms with E-state index < -0.39 is 10.8 Å². The number of nitriles is 1. The molecule has 0 aliphatic heterocycles. The average Bonchev–Trinajstić information content (AvgIpc) is 2.93. The molecule has 0 unspecified atom stereocenters. The van der Waals surface area contributed by atoms with Gasteiger partial charge in [-0.05, 0) is 12.1 Å². The van der Waals surface area contributed by atoms with Crippen LogP contribution in [0.2, 0.25) is 0 Å². The molecule has 0 spiro atoms. The number of benzene rings is 1. The molecule has 1 aromatic heterocycles. The maximum atomic E-state index is 12.0. The molecule has 2 N–H and O–H groups in total. The molecule has 0 radical (unpaired) electrons. The summed E-state index contributed by atoms with van der Waals surface area (Å²) in [6, 6.07) is 5.64. The Morgan fingerprint density at radius 3 is 2.95 bits per heavy atom. The highest BCUT2D eigenvalue weighted by molar-refractivity contribution is 6.04. The van der Waals surface area contributed by atoms with Gasteiger partial charge in [0.15, 0.2) is 5.75 Å². The van der Waals surface area contributed by atoms with Crippen LogP contribution >= 0.6 is 0 Å². The summed E-state index contributed by atoms with van der Waals surface area (Å²) in [6.07, 6.45) is 1.26. The maximum absolute atomic E-state index is 12.0. The number of methoxy groups -OCH3 is 1. The van der Waals surface area contributed by atoms with Gasteiger partial charge in [-0.1, -0.05) is 0 Å². The molecule has 1 heterocycles. The van der Waals surface area contributed by atoms with Crippen molar-refractivity contribution in [1.82, 2.24) is 10.2 Å². The van der Waals surface area contributed by atoms with Gasteiger partial charge in [-0.25, -0.2) is 0 Å². The molecular formula is C12H9N5O4. The van der Waals surface area contributed by atoms with Crippen LogP contribution in [0, 0.1) is 21.4 Å². The first-order valence-corrected chi connectivity index (χ1v) is 5.64. The summed E-state index contributed by atoms with van der Waals surface area (Å²) in [5.74, 6) is -0.432. The molecule has 0 fully saturated rings. The fraction of sp³-hybridized carbons (Fsp3) is 0.0833. The van der Waals surface area contributed by atoms with Gasteiger partial charge in [0.25, 0.3) is 5.91 Å². The molecule has 0 saturated heterocycles. The zero-order chi connectivity index (χ0) is 15.4. The van der Waals surface area contributed by atoms with Crippen LogP contribution in [0.3, 0.4) is 0 Å². The van der Waals surface area contributed by atoms with E-state index in [1.54, 1.807) is 0 Å². The van der Waals surface area contributed by atoms with Gasteiger partial charge in [-0.15, -0.1) is 0 Å². The predicted octanol–water partition coefficient (Wildman–Crippen LogP) is 1.45. The van der Waals surface area contributed by atoms with E-state index in [0.717, 1.165) is 6.07 Å². The molecule has 21 heavy (non-hydrogen) atoms. The highest BCUT2D eigenvalue weighted by atomic mass is 16.6. The minimum atomic E-state index is -0.646. The van der Waals surface area contributed by atoms with Gasteiger partial charge in [-0.3, -0.25) is 20.0 Å². The number of carbonyl (C=O) groups is 1. The molecule has 2 rings (SSSR count). The number of H-pyrrole nitrogens is 1. The van der Waals surface area contributed by atoms with E-state index >= 15 is 0 Å². The van der Waals surface area contributed by atoms with Crippen molar-refractivity contribution in [2.75, 3.05) is 12.4 Å². The van der Waals surface area contributed by atoms with E-state index in [1.807, 2.05) is 6.07 Å². The van der Waals surface area contributed by atoms with Crippen molar-refractivity contribution < 1.29 is 14.5 Å². The summed E-state index contributed by atoms with van der Waals surface area (Å²) < 4.78 is 4.85. The third-order valence-corrected chi connectivity index (χ3v) is 2.64. The van der Waals surface area contributed by atoms with Crippen molar-refractivity contribution in [3.63, 3.8) is 0 Å². The summed E-state index contributed by atoms with van der Waals surface area (Å²) in [6.45, 7) is 0. The lowest BCUT2D eigenvalue weighted by atomic mass is 10.1. The van der Waals surface area contributed by atoms with Crippen LogP contribution in [0.25, 0.3) is 0 Å². The van der Waals surface area contributed by atoms with Crippen LogP contribution in [0.15, 0.2) is 24.4 Å². The van der Waals surface area contributed by atoms with Gasteiger partial charge in [0.05, 0.1) is 18.2 Å². The molecule has 106 valence electrons. The first-order valence-electron chi connectivity index (χ1n) is 5.64. The first kappa shape index (κ1) is 14.0. The van der Waals surface area contributed by atoms with Crippen LogP contribution in [-0.2, 0) is 0 Å². The number of anilines is 1. The second kappa shape index (κ2) is 5.70. The van der Waals surface area contributed by atoms with Gasteiger partial charge < -0.3 is 10.1 Å². The Bertz CT molecular complexity index is 746. The van der Waals surface area contributed by atoms with Crippen LogP contribution < -0.4 is 10.1 Å². The van der Waals surface area contributed by atoms with Crippen molar-refractivity contribution in [3.8, 4) is 11.8 Å². The number of aromatic amines is 1. The minimum absolute atomic E-state index is 0.0517. The molecule has 1 aromatic carbocycles. The zero-order valence-electron chi connectivity index (χ0n) is 10.8. The number of hydrogen-bond donors (Lipinski definition) is 2. The number of ether oxygens (including phenoxy) is 1. The fourth-order valence-corrected chi connectivity index (χ4v) is 1.63. The van der Waals surface area contributed by atoms with Gasteiger partial charge in [0.2, 0.25) is 0 Å². The largest absolute Gasteiger partial charge is 0.490 e. The van der Waals surface area contributed by atoms with E-state index in [9.17, 15) is 14.9 Å². The Morgan fingerprint density at radius 2 is 2.33 bits per heavy atom. The number of amides is 1. The maximum Gasteiger partial charge on any atom is 0.311 e. The van der Waals surface area contributed by atoms with Crippen LogP contribution in [0.1, 0.15) is 15.9 Å². The van der Waals surface area contributed by atoms with Crippen molar-refractivity contribution in [1.29, 1.82) is 5.26 Å². The van der Waals surface area contributed by atoms with Crippen LogP contribution in [0.4, 0.5) is 11.5 Å². The Hall–Kier alpha value is -3.41. The van der Waals surface area contributed by atoms with E-state index in [4.69, 9.17) is 10.00 Å². The number of carbonyl (C=O) groups excluding carboxylic acids is 1. The number of nitro benzene ring substituents is 1. The first-order chi connectivity index (χ1) is 10.1. The summed E-state index contributed by atoms with van der Waals surface area (Å²) in [5.41, 5.74) is -0.109. The summed E-state index contributed by atoms with van der Waals surface area (Å²) in [4.78, 5) is 22.3. The van der Waals surface area contributed by atoms with Gasteiger partial charge in [-0.2, -0.15) is 10.4 Å². The highest BCUT2D eigenvalue weighted by Crippen LogP contribution is 2.27. The molecule has 0 aliphatic rings. The van der Waals surface area contributed by atoms with Gasteiger partial charge in [0.1, 0.15) is 17.5 Å². The molecule has 1 amide bonds. The molecule has 0 aliphatic carbocycles. The van der Waals surface area contributed by atoms with Crippen molar-refractivity contribution in [2.45, 2.75) is 0 Å². The molecule has 2 aromatic rings. The molecule has 9 heteroatoms. The number of nitrogens with zero attached hydrogens (tertiary/aromatic N) is 3. The monoisotopic (exact) mass is 287 g/mol. The number of nitrogens with one attached hydrogen (secondary N) is 2. The summed E-state index contributed by atoms with van der Waals surface area (Å²) in [7, 11) is 1.30. The van der Waals surface area contributed by atoms with Gasteiger partial charge in [0, 0.05) is 11.6 Å². The standard InChI is InChI=1S/C12H9N5O4/c1-21-10-3-2-7(4-9(10)17(19)20)12(18)15-11-8(5-13)6-14-16-11/h2-4,6H,1H3,(H2,14,15,16,18). The van der Waals surface area contributed by atoms with E-state index in [2.05, 4.69) is 15.5 Å². The second-order valence-electron chi connectivity index (χ2n) is 3.87. The Morgan fingerprint density at radius 1 is 1.57 bits per heavy atom. The lowest BCUT2D eigenvalue weighted by molar-refractivity contribution is -0.385. The lowest BCUT2D eigenvalue weighted by Crippen LogP contribution is -2.13. The Balaban J connectivity index is 2.30. The van der Waals surface area contributed by atoms with Crippen molar-refractivity contribution in [3.05, 3.63) is 45.6 Å². The number of aromatic nitrogens is 2. The quantitative estimate of drug-likeness (QED) is 0.645. The fourth-order valence-electron chi connectivity index (χ4n) is 1.63. The van der Waals surface area contributed by atoms with Gasteiger partial charge >= 0.3 is 5.69 Å². The summed E-state index contributed by atoms with van der Waals surface area (Å²) >= 11 is 0.